The fourth-order valence-electron chi connectivity index (χ4n) is 2.82. The van der Waals surface area contributed by atoms with Crippen molar-refractivity contribution >= 4 is 5.69 Å². The van der Waals surface area contributed by atoms with Crippen LogP contribution < -0.4 is 10.2 Å². The molecule has 2 nitrogen and oxygen atoms in total. The van der Waals surface area contributed by atoms with Crippen molar-refractivity contribution in [2.24, 2.45) is 0 Å². The number of fused-ring (bicyclic) bond motifs is 1. The van der Waals surface area contributed by atoms with Crippen LogP contribution >= 0.6 is 0 Å². The maximum atomic E-state index is 13.5. The number of hydrogen-bond acceptors (Lipinski definition) is 2. The van der Waals surface area contributed by atoms with Crippen molar-refractivity contribution in [1.82, 2.24) is 5.32 Å². The Morgan fingerprint density at radius 2 is 1.75 bits per heavy atom. The van der Waals surface area contributed by atoms with Crippen molar-refractivity contribution in [1.29, 1.82) is 0 Å². The summed E-state index contributed by atoms with van der Waals surface area (Å²) in [6.07, 6.45) is 0. The lowest BCUT2D eigenvalue weighted by atomic mass is 10.1. The van der Waals surface area contributed by atoms with E-state index in [1.165, 1.54) is 11.1 Å². The van der Waals surface area contributed by atoms with Crippen molar-refractivity contribution in [3.63, 3.8) is 0 Å². The van der Waals surface area contributed by atoms with Gasteiger partial charge in [0.15, 0.2) is 0 Å². The summed E-state index contributed by atoms with van der Waals surface area (Å²) in [4.78, 5) is 2.31. The highest BCUT2D eigenvalue weighted by atomic mass is 19.1. The fourth-order valence-corrected chi connectivity index (χ4v) is 2.82. The zero-order valence-corrected chi connectivity index (χ0v) is 11.9. The van der Waals surface area contributed by atoms with Crippen LogP contribution in [0.4, 0.5) is 10.1 Å². The molecule has 0 radical (unpaired) electrons. The van der Waals surface area contributed by atoms with Gasteiger partial charge in [0.2, 0.25) is 0 Å². The number of benzene rings is 2. The maximum Gasteiger partial charge on any atom is 0.123 e. The van der Waals surface area contributed by atoms with Gasteiger partial charge in [0.1, 0.15) is 5.82 Å². The summed E-state index contributed by atoms with van der Waals surface area (Å²) < 4.78 is 13.5. The lowest BCUT2D eigenvalue weighted by molar-refractivity contribution is 0.606. The zero-order chi connectivity index (χ0) is 14.1. The summed E-state index contributed by atoms with van der Waals surface area (Å²) in [5.41, 5.74) is 4.85. The third-order valence-electron chi connectivity index (χ3n) is 4.07. The SMILES string of the molecule is CNC(C)c1cc(F)ccc1N1Cc2ccccc2C1. The summed E-state index contributed by atoms with van der Waals surface area (Å²) in [5, 5.41) is 3.20. The molecule has 0 amide bonds. The zero-order valence-electron chi connectivity index (χ0n) is 11.9. The molecule has 0 fully saturated rings. The normalized spacial score (nSPS) is 15.2. The Bertz CT molecular complexity index is 599. The maximum absolute atomic E-state index is 13.5. The van der Waals surface area contributed by atoms with Crippen LogP contribution in [-0.4, -0.2) is 7.05 Å². The molecule has 0 aliphatic carbocycles. The molecule has 1 unspecified atom stereocenters. The molecule has 1 atom stereocenters. The molecule has 1 aliphatic heterocycles. The molecule has 0 saturated carbocycles. The van der Waals surface area contributed by atoms with E-state index in [9.17, 15) is 4.39 Å². The third kappa shape index (κ3) is 2.29. The molecule has 0 saturated heterocycles. The minimum absolute atomic E-state index is 0.129. The molecule has 1 aliphatic rings. The van der Waals surface area contributed by atoms with Crippen molar-refractivity contribution < 1.29 is 4.39 Å². The van der Waals surface area contributed by atoms with Gasteiger partial charge in [-0.25, -0.2) is 4.39 Å². The molecule has 3 heteroatoms. The lowest BCUT2D eigenvalue weighted by Crippen LogP contribution is -2.21. The number of rotatable bonds is 3. The van der Waals surface area contributed by atoms with Gasteiger partial charge in [0.25, 0.3) is 0 Å². The molecule has 1 N–H and O–H groups in total. The van der Waals surface area contributed by atoms with Crippen molar-refractivity contribution in [3.05, 3.63) is 65.0 Å². The molecular weight excluding hydrogens is 251 g/mol. The van der Waals surface area contributed by atoms with Crippen molar-refractivity contribution in [3.8, 4) is 0 Å². The van der Waals surface area contributed by atoms with Crippen LogP contribution in [0.3, 0.4) is 0 Å². The van der Waals surface area contributed by atoms with Gasteiger partial charge in [-0.05, 0) is 48.9 Å². The van der Waals surface area contributed by atoms with E-state index in [0.717, 1.165) is 24.3 Å². The van der Waals surface area contributed by atoms with Gasteiger partial charge in [-0.2, -0.15) is 0 Å². The average Bonchev–Trinajstić information content (AvgIpc) is 2.90. The molecular formula is C17H19FN2. The van der Waals surface area contributed by atoms with Gasteiger partial charge in [-0.1, -0.05) is 24.3 Å². The Labute approximate surface area is 119 Å². The topological polar surface area (TPSA) is 15.3 Å². The van der Waals surface area contributed by atoms with Crippen LogP contribution in [-0.2, 0) is 13.1 Å². The van der Waals surface area contributed by atoms with Crippen LogP contribution in [0.25, 0.3) is 0 Å². The van der Waals surface area contributed by atoms with E-state index in [1.54, 1.807) is 12.1 Å². The summed E-state index contributed by atoms with van der Waals surface area (Å²) >= 11 is 0. The molecule has 2 aromatic carbocycles. The first kappa shape index (κ1) is 13.1. The summed E-state index contributed by atoms with van der Waals surface area (Å²) in [6, 6.07) is 13.7. The number of nitrogens with zero attached hydrogens (tertiary/aromatic N) is 1. The number of nitrogens with one attached hydrogen (secondary N) is 1. The molecule has 104 valence electrons. The van der Waals surface area contributed by atoms with Crippen LogP contribution in [0.15, 0.2) is 42.5 Å². The number of halogens is 1. The van der Waals surface area contributed by atoms with Crippen molar-refractivity contribution in [2.45, 2.75) is 26.1 Å². The second-order valence-electron chi connectivity index (χ2n) is 5.34. The molecule has 0 aromatic heterocycles. The predicted octanol–water partition coefficient (Wildman–Crippen LogP) is 3.63. The lowest BCUT2D eigenvalue weighted by Gasteiger charge is -2.24. The first-order valence-corrected chi connectivity index (χ1v) is 6.97. The highest BCUT2D eigenvalue weighted by molar-refractivity contribution is 5.58. The first-order valence-electron chi connectivity index (χ1n) is 6.97. The molecule has 0 spiro atoms. The summed E-state index contributed by atoms with van der Waals surface area (Å²) in [7, 11) is 1.90. The molecule has 2 aromatic rings. The first-order chi connectivity index (χ1) is 9.69. The Kier molecular flexibility index (Phi) is 3.45. The van der Waals surface area contributed by atoms with Gasteiger partial charge in [-0.3, -0.25) is 0 Å². The van der Waals surface area contributed by atoms with Gasteiger partial charge in [0, 0.05) is 24.8 Å². The highest BCUT2D eigenvalue weighted by Crippen LogP contribution is 2.33. The van der Waals surface area contributed by atoms with Gasteiger partial charge >= 0.3 is 0 Å². The summed E-state index contributed by atoms with van der Waals surface area (Å²) in [5.74, 6) is -0.178. The van der Waals surface area contributed by atoms with Gasteiger partial charge in [-0.15, -0.1) is 0 Å². The van der Waals surface area contributed by atoms with E-state index in [4.69, 9.17) is 0 Å². The Morgan fingerprint density at radius 3 is 2.35 bits per heavy atom. The molecule has 0 bridgehead atoms. The number of hydrogen-bond donors (Lipinski definition) is 1. The van der Waals surface area contributed by atoms with Crippen LogP contribution in [0.1, 0.15) is 29.7 Å². The Balaban J connectivity index is 1.96. The van der Waals surface area contributed by atoms with Crippen LogP contribution in [0.5, 0.6) is 0 Å². The minimum atomic E-state index is -0.178. The van der Waals surface area contributed by atoms with Crippen molar-refractivity contribution in [2.75, 3.05) is 11.9 Å². The Morgan fingerprint density at radius 1 is 1.10 bits per heavy atom. The average molecular weight is 270 g/mol. The molecule has 1 heterocycles. The van der Waals surface area contributed by atoms with E-state index in [0.29, 0.717) is 0 Å². The van der Waals surface area contributed by atoms with E-state index >= 15 is 0 Å². The smallest absolute Gasteiger partial charge is 0.123 e. The van der Waals surface area contributed by atoms with Gasteiger partial charge in [0.05, 0.1) is 0 Å². The van der Waals surface area contributed by atoms with Crippen LogP contribution in [0.2, 0.25) is 0 Å². The van der Waals surface area contributed by atoms with Gasteiger partial charge < -0.3 is 10.2 Å². The van der Waals surface area contributed by atoms with E-state index in [1.807, 2.05) is 13.1 Å². The molecule has 20 heavy (non-hydrogen) atoms. The summed E-state index contributed by atoms with van der Waals surface area (Å²) in [6.45, 7) is 3.85. The fraction of sp³-hybridized carbons (Fsp3) is 0.294. The minimum Gasteiger partial charge on any atom is -0.363 e. The molecule has 3 rings (SSSR count). The second-order valence-corrected chi connectivity index (χ2v) is 5.34. The van der Waals surface area contributed by atoms with E-state index in [2.05, 4.69) is 41.4 Å². The standard InChI is InChI=1S/C17H19FN2/c1-12(19-2)16-9-15(18)7-8-17(16)20-10-13-5-3-4-6-14(13)11-20/h3-9,12,19H,10-11H2,1-2H3. The monoisotopic (exact) mass is 270 g/mol. The third-order valence-corrected chi connectivity index (χ3v) is 4.07. The van der Waals surface area contributed by atoms with E-state index in [-0.39, 0.29) is 11.9 Å². The second kappa shape index (κ2) is 5.25. The largest absolute Gasteiger partial charge is 0.363 e. The number of anilines is 1. The Hall–Kier alpha value is -1.87. The quantitative estimate of drug-likeness (QED) is 0.916. The predicted molar refractivity (Wildman–Crippen MR) is 80.2 cm³/mol. The van der Waals surface area contributed by atoms with E-state index < -0.39 is 0 Å². The highest BCUT2D eigenvalue weighted by Gasteiger charge is 2.22. The van der Waals surface area contributed by atoms with Crippen LogP contribution in [0, 0.1) is 5.82 Å².